The molecule has 0 spiro atoms. The lowest BCUT2D eigenvalue weighted by Crippen LogP contribution is -2.18. The van der Waals surface area contributed by atoms with E-state index in [-0.39, 0.29) is 10.9 Å². The number of carbonyl (C=O) groups is 1. The van der Waals surface area contributed by atoms with Crippen LogP contribution in [0.15, 0.2) is 66.9 Å². The van der Waals surface area contributed by atoms with Crippen LogP contribution in [0.3, 0.4) is 0 Å². The lowest BCUT2D eigenvalue weighted by molar-refractivity contribution is 0.0997. The average Bonchev–Trinajstić information content (AvgIpc) is 3.00. The second kappa shape index (κ2) is 6.83. The second-order valence-electron chi connectivity index (χ2n) is 6.31. The molecule has 0 saturated carbocycles. The van der Waals surface area contributed by atoms with Crippen LogP contribution >= 0.6 is 34.8 Å². The van der Waals surface area contributed by atoms with E-state index in [1.54, 1.807) is 22.9 Å². The normalized spacial score (nSPS) is 12.0. The molecule has 0 amide bonds. The van der Waals surface area contributed by atoms with E-state index in [1.165, 1.54) is 6.07 Å². The molecule has 1 heterocycles. The summed E-state index contributed by atoms with van der Waals surface area (Å²) in [5, 5.41) is 2.40. The van der Waals surface area contributed by atoms with Gasteiger partial charge in [-0.05, 0) is 34.5 Å². The van der Waals surface area contributed by atoms with Crippen LogP contribution in [0.4, 0.5) is 4.39 Å². The molecule has 27 heavy (non-hydrogen) atoms. The van der Waals surface area contributed by atoms with Crippen LogP contribution in [-0.4, -0.2) is 14.1 Å². The van der Waals surface area contributed by atoms with Crippen LogP contribution in [0.1, 0.15) is 15.9 Å². The van der Waals surface area contributed by atoms with Crippen molar-refractivity contribution in [3.8, 4) is 0 Å². The minimum absolute atomic E-state index is 0.0592. The van der Waals surface area contributed by atoms with Crippen LogP contribution < -0.4 is 0 Å². The maximum Gasteiger partial charge on any atom is 0.253 e. The highest BCUT2D eigenvalue weighted by Gasteiger charge is 2.34. The molecule has 4 rings (SSSR count). The van der Waals surface area contributed by atoms with Crippen molar-refractivity contribution in [1.29, 1.82) is 0 Å². The van der Waals surface area contributed by atoms with Gasteiger partial charge in [0.05, 0.1) is 11.1 Å². The van der Waals surface area contributed by atoms with Gasteiger partial charge in [0.1, 0.15) is 5.82 Å². The number of rotatable bonds is 3. The Bertz CT molecular complexity index is 1180. The monoisotopic (exact) mass is 419 g/mol. The first-order valence-electron chi connectivity index (χ1n) is 8.21. The standard InChI is InChI=1S/C21H13Cl3FNO/c22-21(23,24)20(27)16-12-26(18-7-3-6-17(25)19(16)18)11-13-8-9-14-4-1-2-5-15(14)10-13/h1-10,12H,11H2. The van der Waals surface area contributed by atoms with Gasteiger partial charge in [-0.2, -0.15) is 0 Å². The minimum atomic E-state index is -2.15. The summed E-state index contributed by atoms with van der Waals surface area (Å²) >= 11 is 17.3. The van der Waals surface area contributed by atoms with Gasteiger partial charge < -0.3 is 4.57 Å². The fourth-order valence-electron chi connectivity index (χ4n) is 3.30. The molecule has 0 radical (unpaired) electrons. The highest BCUT2D eigenvalue weighted by molar-refractivity contribution is 6.77. The lowest BCUT2D eigenvalue weighted by atomic mass is 10.1. The molecule has 2 nitrogen and oxygen atoms in total. The summed E-state index contributed by atoms with van der Waals surface area (Å²) in [5.41, 5.74) is 1.65. The SMILES string of the molecule is O=C(c1cn(Cc2ccc3ccccc3c2)c2cccc(F)c12)C(Cl)(Cl)Cl. The summed E-state index contributed by atoms with van der Waals surface area (Å²) < 4.78 is 14.1. The molecular weight excluding hydrogens is 408 g/mol. The molecule has 0 saturated heterocycles. The van der Waals surface area contributed by atoms with Gasteiger partial charge in [0.15, 0.2) is 0 Å². The zero-order chi connectivity index (χ0) is 19.2. The summed E-state index contributed by atoms with van der Waals surface area (Å²) in [5.74, 6) is -1.28. The van der Waals surface area contributed by atoms with Gasteiger partial charge in [0.2, 0.25) is 5.78 Å². The number of Topliss-reactive ketones (excluding diaryl/α,β-unsaturated/α-hetero) is 1. The average molecular weight is 421 g/mol. The predicted octanol–water partition coefficient (Wildman–Crippen LogP) is 6.53. The van der Waals surface area contributed by atoms with Crippen molar-refractivity contribution < 1.29 is 9.18 Å². The summed E-state index contributed by atoms with van der Waals surface area (Å²) in [4.78, 5) is 12.5. The topological polar surface area (TPSA) is 22.0 Å². The first kappa shape index (κ1) is 18.3. The Labute approximate surface area is 170 Å². The summed E-state index contributed by atoms with van der Waals surface area (Å²) in [7, 11) is 0. The third kappa shape index (κ3) is 3.43. The Hall–Kier alpha value is -2.07. The first-order valence-corrected chi connectivity index (χ1v) is 9.34. The second-order valence-corrected chi connectivity index (χ2v) is 8.59. The van der Waals surface area contributed by atoms with E-state index in [2.05, 4.69) is 6.07 Å². The van der Waals surface area contributed by atoms with Crippen molar-refractivity contribution in [1.82, 2.24) is 4.57 Å². The number of nitrogens with zero attached hydrogens (tertiary/aromatic N) is 1. The minimum Gasteiger partial charge on any atom is -0.342 e. The number of hydrogen-bond acceptors (Lipinski definition) is 1. The molecule has 0 unspecified atom stereocenters. The summed E-state index contributed by atoms with van der Waals surface area (Å²) in [6.45, 7) is 0.456. The number of hydrogen-bond donors (Lipinski definition) is 0. The number of aromatic nitrogens is 1. The van der Waals surface area contributed by atoms with Gasteiger partial charge >= 0.3 is 0 Å². The van der Waals surface area contributed by atoms with Crippen molar-refractivity contribution in [2.75, 3.05) is 0 Å². The number of ketones is 1. The molecule has 0 atom stereocenters. The Kier molecular flexibility index (Phi) is 4.63. The predicted molar refractivity (Wildman–Crippen MR) is 110 cm³/mol. The maximum atomic E-state index is 14.5. The van der Waals surface area contributed by atoms with Crippen molar-refractivity contribution in [2.45, 2.75) is 10.3 Å². The Morgan fingerprint density at radius 1 is 0.963 bits per heavy atom. The van der Waals surface area contributed by atoms with Crippen molar-refractivity contribution in [3.05, 3.63) is 83.8 Å². The zero-order valence-corrected chi connectivity index (χ0v) is 16.2. The molecule has 0 N–H and O–H groups in total. The summed E-state index contributed by atoms with van der Waals surface area (Å²) in [6.07, 6.45) is 1.55. The number of benzene rings is 3. The molecule has 0 bridgehead atoms. The largest absolute Gasteiger partial charge is 0.342 e. The summed E-state index contributed by atoms with van der Waals surface area (Å²) in [6, 6.07) is 18.8. The molecule has 0 fully saturated rings. The maximum absolute atomic E-state index is 14.5. The quantitative estimate of drug-likeness (QED) is 0.273. The zero-order valence-electron chi connectivity index (χ0n) is 13.9. The molecule has 4 aromatic rings. The van der Waals surface area contributed by atoms with Crippen molar-refractivity contribution in [3.63, 3.8) is 0 Å². The third-order valence-electron chi connectivity index (χ3n) is 4.52. The fourth-order valence-corrected chi connectivity index (χ4v) is 3.60. The fraction of sp³-hybridized carbons (Fsp3) is 0.0952. The van der Waals surface area contributed by atoms with Gasteiger partial charge in [-0.3, -0.25) is 4.79 Å². The Balaban J connectivity index is 1.84. The van der Waals surface area contributed by atoms with Gasteiger partial charge in [0.25, 0.3) is 3.79 Å². The van der Waals surface area contributed by atoms with E-state index in [1.807, 2.05) is 36.4 Å². The lowest BCUT2D eigenvalue weighted by Gasteiger charge is -2.08. The van der Waals surface area contributed by atoms with E-state index in [0.29, 0.717) is 12.1 Å². The molecule has 0 aliphatic heterocycles. The highest BCUT2D eigenvalue weighted by Crippen LogP contribution is 2.35. The molecule has 6 heteroatoms. The number of alkyl halides is 3. The number of fused-ring (bicyclic) bond motifs is 2. The van der Waals surface area contributed by atoms with E-state index >= 15 is 0 Å². The van der Waals surface area contributed by atoms with E-state index < -0.39 is 15.4 Å². The third-order valence-corrected chi connectivity index (χ3v) is 5.04. The van der Waals surface area contributed by atoms with Crippen LogP contribution in [-0.2, 0) is 6.54 Å². The molecule has 136 valence electrons. The van der Waals surface area contributed by atoms with E-state index in [4.69, 9.17) is 34.8 Å². The molecule has 0 aliphatic carbocycles. The van der Waals surface area contributed by atoms with Crippen LogP contribution in [0, 0.1) is 5.82 Å². The van der Waals surface area contributed by atoms with Crippen LogP contribution in [0.2, 0.25) is 0 Å². The Morgan fingerprint density at radius 2 is 1.70 bits per heavy atom. The first-order chi connectivity index (χ1) is 12.8. The van der Waals surface area contributed by atoms with E-state index in [9.17, 15) is 9.18 Å². The van der Waals surface area contributed by atoms with Gasteiger partial charge in [-0.25, -0.2) is 4.39 Å². The Morgan fingerprint density at radius 3 is 2.44 bits per heavy atom. The van der Waals surface area contributed by atoms with Crippen LogP contribution in [0.25, 0.3) is 21.7 Å². The molecule has 1 aromatic heterocycles. The highest BCUT2D eigenvalue weighted by atomic mass is 35.6. The van der Waals surface area contributed by atoms with Crippen LogP contribution in [0.5, 0.6) is 0 Å². The molecular formula is C21H13Cl3FNO. The van der Waals surface area contributed by atoms with Gasteiger partial charge in [-0.1, -0.05) is 77.3 Å². The smallest absolute Gasteiger partial charge is 0.253 e. The van der Waals surface area contributed by atoms with Crippen molar-refractivity contribution >= 4 is 62.3 Å². The van der Waals surface area contributed by atoms with Gasteiger partial charge in [-0.15, -0.1) is 0 Å². The van der Waals surface area contributed by atoms with Gasteiger partial charge in [0, 0.05) is 18.1 Å². The van der Waals surface area contributed by atoms with E-state index in [0.717, 1.165) is 16.3 Å². The number of carbonyl (C=O) groups excluding carboxylic acids is 1. The molecule has 3 aromatic carbocycles. The van der Waals surface area contributed by atoms with Crippen molar-refractivity contribution in [2.24, 2.45) is 0 Å². The number of halogens is 4. The molecule has 0 aliphatic rings.